The van der Waals surface area contributed by atoms with E-state index in [4.69, 9.17) is 10.00 Å². The summed E-state index contributed by atoms with van der Waals surface area (Å²) < 4.78 is 5.29. The molecule has 0 aromatic heterocycles. The lowest BCUT2D eigenvalue weighted by Gasteiger charge is -2.09. The summed E-state index contributed by atoms with van der Waals surface area (Å²) >= 11 is 0. The first kappa shape index (κ1) is 21.4. The van der Waals surface area contributed by atoms with Gasteiger partial charge in [-0.15, -0.1) is 0 Å². The Labute approximate surface area is 145 Å². The molecular formula is C21H27NO2. The van der Waals surface area contributed by atoms with Gasteiger partial charge in [0.1, 0.15) is 5.75 Å². The summed E-state index contributed by atoms with van der Waals surface area (Å²) in [6, 6.07) is 16.0. The Morgan fingerprint density at radius 2 is 1.67 bits per heavy atom. The Bertz CT molecular complexity index is 666. The third-order valence-corrected chi connectivity index (χ3v) is 3.66. The molecule has 3 heteroatoms. The van der Waals surface area contributed by atoms with Crippen LogP contribution < -0.4 is 4.74 Å². The van der Waals surface area contributed by atoms with Crippen molar-refractivity contribution in [2.45, 2.75) is 41.5 Å². The molecule has 1 unspecified atom stereocenters. The van der Waals surface area contributed by atoms with E-state index in [-0.39, 0.29) is 20.8 Å². The molecule has 24 heavy (non-hydrogen) atoms. The topological polar surface area (TPSA) is 50.1 Å². The third-order valence-electron chi connectivity index (χ3n) is 3.66. The van der Waals surface area contributed by atoms with E-state index < -0.39 is 0 Å². The maximum absolute atomic E-state index is 12.1. The maximum Gasteiger partial charge on any atom is 0.343 e. The third kappa shape index (κ3) is 5.89. The lowest BCUT2D eigenvalue weighted by atomic mass is 9.98. The van der Waals surface area contributed by atoms with E-state index in [1.165, 1.54) is 5.56 Å². The molecular weight excluding hydrogens is 298 g/mol. The number of nitriles is 1. The van der Waals surface area contributed by atoms with Gasteiger partial charge >= 0.3 is 5.97 Å². The summed E-state index contributed by atoms with van der Waals surface area (Å²) in [4.78, 5) is 12.1. The van der Waals surface area contributed by atoms with Gasteiger partial charge in [-0.25, -0.2) is 4.79 Å². The molecule has 128 valence electrons. The number of carbonyl (C=O) groups is 1. The molecule has 0 heterocycles. The fraction of sp³-hybridized carbons (Fsp3) is 0.333. The fourth-order valence-electron chi connectivity index (χ4n) is 2.09. The smallest absolute Gasteiger partial charge is 0.343 e. The average molecular weight is 325 g/mol. The highest BCUT2D eigenvalue weighted by Gasteiger charge is 2.09. The van der Waals surface area contributed by atoms with Gasteiger partial charge in [-0.3, -0.25) is 0 Å². The Morgan fingerprint density at radius 1 is 1.08 bits per heavy atom. The van der Waals surface area contributed by atoms with Crippen molar-refractivity contribution >= 4 is 5.97 Å². The van der Waals surface area contributed by atoms with Gasteiger partial charge in [0.05, 0.1) is 17.2 Å². The van der Waals surface area contributed by atoms with Crippen LogP contribution in [-0.4, -0.2) is 5.97 Å². The molecule has 0 bridgehead atoms. The molecule has 0 spiro atoms. The van der Waals surface area contributed by atoms with Crippen molar-refractivity contribution in [1.82, 2.24) is 0 Å². The van der Waals surface area contributed by atoms with E-state index >= 15 is 0 Å². The van der Waals surface area contributed by atoms with Crippen molar-refractivity contribution in [3.05, 3.63) is 65.2 Å². The SMILES string of the molecule is C.C.CCC(C)Cc1ccc(C(=O)Oc2ccc(C#N)cc2)cc1. The lowest BCUT2D eigenvalue weighted by molar-refractivity contribution is 0.0734. The zero-order valence-corrected chi connectivity index (χ0v) is 12.9. The first-order valence-corrected chi connectivity index (χ1v) is 7.43. The van der Waals surface area contributed by atoms with Gasteiger partial charge in [0.2, 0.25) is 0 Å². The molecule has 0 saturated carbocycles. The molecule has 0 aliphatic rings. The number of hydrogen-bond acceptors (Lipinski definition) is 3. The van der Waals surface area contributed by atoms with E-state index in [0.717, 1.165) is 12.8 Å². The van der Waals surface area contributed by atoms with Crippen LogP contribution in [0.15, 0.2) is 48.5 Å². The van der Waals surface area contributed by atoms with Crippen molar-refractivity contribution in [3.8, 4) is 11.8 Å². The lowest BCUT2D eigenvalue weighted by Crippen LogP contribution is -2.08. The van der Waals surface area contributed by atoms with Gasteiger partial charge in [-0.1, -0.05) is 47.3 Å². The standard InChI is InChI=1S/C19H19NO2.2CH4/c1-3-14(2)12-15-4-8-17(9-5-15)19(21)22-18-10-6-16(13-20)7-11-18;;/h4-11,14H,3,12H2,1-2H3;2*1H4. The van der Waals surface area contributed by atoms with E-state index in [1.54, 1.807) is 36.4 Å². The van der Waals surface area contributed by atoms with Crippen molar-refractivity contribution in [2.24, 2.45) is 5.92 Å². The molecule has 0 saturated heterocycles. The number of carbonyl (C=O) groups excluding carboxylic acids is 1. The predicted molar refractivity (Wildman–Crippen MR) is 99.2 cm³/mol. The number of nitrogens with zero attached hydrogens (tertiary/aromatic N) is 1. The number of esters is 1. The van der Waals surface area contributed by atoms with E-state index in [2.05, 4.69) is 13.8 Å². The molecule has 2 aromatic rings. The van der Waals surface area contributed by atoms with Crippen LogP contribution in [0.25, 0.3) is 0 Å². The molecule has 0 aliphatic carbocycles. The molecule has 0 fully saturated rings. The van der Waals surface area contributed by atoms with Crippen LogP contribution in [0, 0.1) is 17.2 Å². The molecule has 2 aromatic carbocycles. The largest absolute Gasteiger partial charge is 0.423 e. The second-order valence-corrected chi connectivity index (χ2v) is 5.44. The normalized spacial score (nSPS) is 10.5. The highest BCUT2D eigenvalue weighted by Crippen LogP contribution is 2.16. The number of rotatable bonds is 5. The highest BCUT2D eigenvalue weighted by atomic mass is 16.5. The van der Waals surface area contributed by atoms with E-state index in [9.17, 15) is 4.79 Å². The van der Waals surface area contributed by atoms with E-state index in [1.807, 2.05) is 18.2 Å². The minimum atomic E-state index is -0.389. The zero-order chi connectivity index (χ0) is 15.9. The minimum absolute atomic E-state index is 0. The van der Waals surface area contributed by atoms with Crippen molar-refractivity contribution in [3.63, 3.8) is 0 Å². The summed E-state index contributed by atoms with van der Waals surface area (Å²) in [7, 11) is 0. The van der Waals surface area contributed by atoms with Crippen LogP contribution in [0.4, 0.5) is 0 Å². The van der Waals surface area contributed by atoms with Crippen LogP contribution in [0.1, 0.15) is 56.6 Å². The van der Waals surface area contributed by atoms with Gasteiger partial charge in [0, 0.05) is 0 Å². The summed E-state index contributed by atoms with van der Waals surface area (Å²) in [6.07, 6.45) is 2.16. The number of benzene rings is 2. The van der Waals surface area contributed by atoms with Crippen LogP contribution in [0.5, 0.6) is 5.75 Å². The van der Waals surface area contributed by atoms with Crippen molar-refractivity contribution < 1.29 is 9.53 Å². The second kappa shape index (κ2) is 10.2. The first-order valence-electron chi connectivity index (χ1n) is 7.43. The van der Waals surface area contributed by atoms with Crippen LogP contribution in [0.2, 0.25) is 0 Å². The van der Waals surface area contributed by atoms with Gasteiger partial charge in [0.15, 0.2) is 0 Å². The molecule has 0 radical (unpaired) electrons. The predicted octanol–water partition coefficient (Wildman–Crippen LogP) is 5.64. The monoisotopic (exact) mass is 325 g/mol. The highest BCUT2D eigenvalue weighted by molar-refractivity contribution is 5.91. The first-order chi connectivity index (χ1) is 10.6. The Balaban J connectivity index is 0.00000264. The Morgan fingerprint density at radius 3 is 2.17 bits per heavy atom. The molecule has 0 N–H and O–H groups in total. The molecule has 2 rings (SSSR count). The fourth-order valence-corrected chi connectivity index (χ4v) is 2.09. The second-order valence-electron chi connectivity index (χ2n) is 5.44. The van der Waals surface area contributed by atoms with Crippen molar-refractivity contribution in [2.75, 3.05) is 0 Å². The molecule has 1 atom stereocenters. The van der Waals surface area contributed by atoms with E-state index in [0.29, 0.717) is 22.8 Å². The van der Waals surface area contributed by atoms with Gasteiger partial charge < -0.3 is 4.74 Å². The minimum Gasteiger partial charge on any atom is -0.423 e. The Hall–Kier alpha value is -2.60. The van der Waals surface area contributed by atoms with Crippen LogP contribution in [0.3, 0.4) is 0 Å². The van der Waals surface area contributed by atoms with Crippen molar-refractivity contribution in [1.29, 1.82) is 5.26 Å². The van der Waals surface area contributed by atoms with Gasteiger partial charge in [-0.05, 0) is 54.3 Å². The molecule has 0 aliphatic heterocycles. The number of hydrogen-bond donors (Lipinski definition) is 0. The van der Waals surface area contributed by atoms with Crippen LogP contribution in [-0.2, 0) is 6.42 Å². The van der Waals surface area contributed by atoms with Gasteiger partial charge in [-0.2, -0.15) is 5.26 Å². The quantitative estimate of drug-likeness (QED) is 0.528. The summed E-state index contributed by atoms with van der Waals surface area (Å²) in [5.41, 5.74) is 2.29. The maximum atomic E-state index is 12.1. The van der Waals surface area contributed by atoms with Gasteiger partial charge in [0.25, 0.3) is 0 Å². The average Bonchev–Trinajstić information content (AvgIpc) is 2.56. The zero-order valence-electron chi connectivity index (χ0n) is 12.9. The summed E-state index contributed by atoms with van der Waals surface area (Å²) in [5, 5.41) is 8.74. The molecule has 3 nitrogen and oxygen atoms in total. The molecule has 0 amide bonds. The summed E-state index contributed by atoms with van der Waals surface area (Å²) in [6.45, 7) is 4.39. The summed E-state index contributed by atoms with van der Waals surface area (Å²) in [5.74, 6) is 0.684. The number of ether oxygens (including phenoxy) is 1. The Kier molecular flexibility index (Phi) is 9.12. The van der Waals surface area contributed by atoms with Crippen LogP contribution >= 0.6 is 0 Å².